The molecule has 0 aromatic carbocycles. The maximum Gasteiger partial charge on any atom is 0.220 e. The average Bonchev–Trinajstić information content (AvgIpc) is 3.30. The first-order valence-corrected chi connectivity index (χ1v) is 26.4. The number of nitrogens with one attached hydrogen (secondary N) is 1. The van der Waals surface area contributed by atoms with Gasteiger partial charge in [0.25, 0.3) is 0 Å². The molecule has 0 radical (unpaired) electrons. The standard InChI is InChI=1S/C51H97NO13/c1-3-5-7-9-11-13-15-17-19-20-21-23-25-27-29-31-33-35-43(56)52-39(40(55)34-32-30-28-26-24-22-18-16-14-12-10-8-6-4-2)38-62-50-48(61)46(59)49(42(37-54)64-50)65-51-47(60)45(58)44(57)41(36-53)63-51/h32,34,39-42,44-51,53-55,57-61H,3-31,33,35-38H2,1-2H3,(H,52,56)/b34-32+. The van der Waals surface area contributed by atoms with Gasteiger partial charge in [0.15, 0.2) is 12.6 Å². The van der Waals surface area contributed by atoms with Crippen LogP contribution in [0.2, 0.25) is 0 Å². The maximum absolute atomic E-state index is 13.2. The summed E-state index contributed by atoms with van der Waals surface area (Å²) in [6, 6.07) is -0.907. The molecule has 12 atom stereocenters. The Morgan fingerprint density at radius 2 is 0.954 bits per heavy atom. The second kappa shape index (κ2) is 38.6. The summed E-state index contributed by atoms with van der Waals surface area (Å²) in [4.78, 5) is 13.2. The highest BCUT2D eigenvalue weighted by atomic mass is 16.7. The zero-order valence-electron chi connectivity index (χ0n) is 40.7. The molecule has 14 heteroatoms. The normalized spacial score (nSPS) is 27.0. The molecule has 2 heterocycles. The van der Waals surface area contributed by atoms with Crippen molar-refractivity contribution in [1.82, 2.24) is 5.32 Å². The van der Waals surface area contributed by atoms with Gasteiger partial charge in [-0.05, 0) is 19.3 Å². The largest absolute Gasteiger partial charge is 0.394 e. The van der Waals surface area contributed by atoms with Crippen molar-refractivity contribution in [2.45, 2.75) is 286 Å². The van der Waals surface area contributed by atoms with Gasteiger partial charge in [0, 0.05) is 6.42 Å². The number of carbonyl (C=O) groups is 1. The number of rotatable bonds is 41. The van der Waals surface area contributed by atoms with Crippen LogP contribution in [0.15, 0.2) is 12.2 Å². The molecule has 14 nitrogen and oxygen atoms in total. The number of hydrogen-bond donors (Lipinski definition) is 9. The second-order valence-corrected chi connectivity index (χ2v) is 19.0. The lowest BCUT2D eigenvalue weighted by Crippen LogP contribution is -2.65. The van der Waals surface area contributed by atoms with Gasteiger partial charge in [-0.15, -0.1) is 0 Å². The molecule has 0 saturated carbocycles. The molecule has 0 aliphatic carbocycles. The van der Waals surface area contributed by atoms with Crippen molar-refractivity contribution < 1.29 is 64.6 Å². The van der Waals surface area contributed by atoms with Gasteiger partial charge in [0.05, 0.1) is 32.0 Å². The number of aliphatic hydroxyl groups excluding tert-OH is 8. The predicted octanol–water partition coefficient (Wildman–Crippen LogP) is 7.16. The van der Waals surface area contributed by atoms with Crippen molar-refractivity contribution in [3.05, 3.63) is 12.2 Å². The number of aliphatic hydroxyl groups is 8. The van der Waals surface area contributed by atoms with Crippen molar-refractivity contribution in [3.63, 3.8) is 0 Å². The minimum absolute atomic E-state index is 0.237. The SMILES string of the molecule is CCCCCCCCCCCCCC/C=C/C(O)C(COC1OC(CO)C(OC2OC(CO)C(O)C(O)C2O)C(O)C1O)NC(=O)CCCCCCCCCCCCCCCCCCC. The van der Waals surface area contributed by atoms with Gasteiger partial charge in [-0.3, -0.25) is 4.79 Å². The van der Waals surface area contributed by atoms with E-state index in [1.165, 1.54) is 148 Å². The van der Waals surface area contributed by atoms with Crippen LogP contribution in [0.3, 0.4) is 0 Å². The Labute approximate surface area is 393 Å². The quantitative estimate of drug-likeness (QED) is 0.0219. The van der Waals surface area contributed by atoms with Crippen LogP contribution in [0.1, 0.15) is 213 Å². The van der Waals surface area contributed by atoms with Crippen LogP contribution in [-0.2, 0) is 23.7 Å². The third kappa shape index (κ3) is 25.8. The monoisotopic (exact) mass is 932 g/mol. The summed E-state index contributed by atoms with van der Waals surface area (Å²) in [6.45, 7) is 2.80. The van der Waals surface area contributed by atoms with Gasteiger partial charge in [-0.1, -0.05) is 199 Å². The third-order valence-corrected chi connectivity index (χ3v) is 13.2. The van der Waals surface area contributed by atoms with Crippen molar-refractivity contribution in [2.24, 2.45) is 0 Å². The molecule has 9 N–H and O–H groups in total. The van der Waals surface area contributed by atoms with E-state index in [0.717, 1.165) is 38.5 Å². The highest BCUT2D eigenvalue weighted by Crippen LogP contribution is 2.30. The van der Waals surface area contributed by atoms with Crippen LogP contribution in [0.25, 0.3) is 0 Å². The fourth-order valence-electron chi connectivity index (χ4n) is 8.88. The van der Waals surface area contributed by atoms with Crippen molar-refractivity contribution in [2.75, 3.05) is 19.8 Å². The number of ether oxygens (including phenoxy) is 4. The van der Waals surface area contributed by atoms with Crippen LogP contribution in [0.4, 0.5) is 0 Å². The van der Waals surface area contributed by atoms with E-state index in [4.69, 9.17) is 18.9 Å². The van der Waals surface area contributed by atoms with E-state index in [9.17, 15) is 45.6 Å². The van der Waals surface area contributed by atoms with Crippen molar-refractivity contribution in [1.29, 1.82) is 0 Å². The van der Waals surface area contributed by atoms with Gasteiger partial charge in [0.1, 0.15) is 48.8 Å². The van der Waals surface area contributed by atoms with Gasteiger partial charge < -0.3 is 65.1 Å². The number of amides is 1. The summed E-state index contributed by atoms with van der Waals surface area (Å²) in [5, 5.41) is 86.8. The second-order valence-electron chi connectivity index (χ2n) is 19.0. The Morgan fingerprint density at radius 3 is 1.42 bits per heavy atom. The summed E-state index contributed by atoms with van der Waals surface area (Å²) in [6.07, 6.45) is 23.9. The lowest BCUT2D eigenvalue weighted by molar-refractivity contribution is -0.359. The summed E-state index contributed by atoms with van der Waals surface area (Å²) < 4.78 is 22.7. The molecule has 2 fully saturated rings. The first-order chi connectivity index (χ1) is 31.6. The van der Waals surface area contributed by atoms with Crippen LogP contribution in [0.5, 0.6) is 0 Å². The lowest BCUT2D eigenvalue weighted by atomic mass is 9.97. The summed E-state index contributed by atoms with van der Waals surface area (Å²) >= 11 is 0. The molecule has 2 rings (SSSR count). The molecular formula is C51H97NO13. The predicted molar refractivity (Wildman–Crippen MR) is 254 cm³/mol. The first kappa shape index (κ1) is 59.9. The summed E-state index contributed by atoms with van der Waals surface area (Å²) in [5.74, 6) is -0.237. The molecule has 2 aliphatic rings. The van der Waals surface area contributed by atoms with E-state index in [1.54, 1.807) is 6.08 Å². The molecule has 0 aromatic rings. The molecule has 0 aromatic heterocycles. The Kier molecular flexibility index (Phi) is 35.5. The molecule has 12 unspecified atom stereocenters. The van der Waals surface area contributed by atoms with Crippen LogP contribution in [0, 0.1) is 0 Å². The highest BCUT2D eigenvalue weighted by Gasteiger charge is 2.51. The van der Waals surface area contributed by atoms with Gasteiger partial charge in [-0.2, -0.15) is 0 Å². The van der Waals surface area contributed by atoms with Crippen LogP contribution < -0.4 is 5.32 Å². The number of carbonyl (C=O) groups excluding carboxylic acids is 1. The third-order valence-electron chi connectivity index (χ3n) is 13.2. The average molecular weight is 932 g/mol. The Morgan fingerprint density at radius 1 is 0.538 bits per heavy atom. The molecule has 2 saturated heterocycles. The first-order valence-electron chi connectivity index (χ1n) is 26.4. The smallest absolute Gasteiger partial charge is 0.220 e. The van der Waals surface area contributed by atoms with E-state index in [1.807, 2.05) is 6.08 Å². The zero-order chi connectivity index (χ0) is 47.5. The highest BCUT2D eigenvalue weighted by molar-refractivity contribution is 5.76. The van der Waals surface area contributed by atoms with E-state index >= 15 is 0 Å². The molecule has 1 amide bonds. The van der Waals surface area contributed by atoms with Crippen molar-refractivity contribution in [3.8, 4) is 0 Å². The molecular weight excluding hydrogens is 835 g/mol. The fourth-order valence-corrected chi connectivity index (χ4v) is 8.88. The molecule has 0 spiro atoms. The molecule has 0 bridgehead atoms. The number of allylic oxidation sites excluding steroid dienone is 1. The molecule has 384 valence electrons. The van der Waals surface area contributed by atoms with Crippen molar-refractivity contribution >= 4 is 5.91 Å². The Balaban J connectivity index is 1.83. The van der Waals surface area contributed by atoms with Gasteiger partial charge >= 0.3 is 0 Å². The van der Waals surface area contributed by atoms with Gasteiger partial charge in [-0.25, -0.2) is 0 Å². The van der Waals surface area contributed by atoms with E-state index < -0.39 is 86.8 Å². The molecule has 65 heavy (non-hydrogen) atoms. The minimum Gasteiger partial charge on any atom is -0.394 e. The number of hydrogen-bond acceptors (Lipinski definition) is 13. The van der Waals surface area contributed by atoms with Gasteiger partial charge in [0.2, 0.25) is 5.91 Å². The molecule has 2 aliphatic heterocycles. The van der Waals surface area contributed by atoms with Crippen LogP contribution >= 0.6 is 0 Å². The summed E-state index contributed by atoms with van der Waals surface area (Å²) in [7, 11) is 0. The Hall–Kier alpha value is -1.27. The number of unbranched alkanes of at least 4 members (excludes halogenated alkanes) is 28. The summed E-state index contributed by atoms with van der Waals surface area (Å²) in [5.41, 5.74) is 0. The Bertz CT molecular complexity index is 1150. The topological polar surface area (TPSA) is 228 Å². The van der Waals surface area contributed by atoms with E-state index in [-0.39, 0.29) is 18.9 Å². The van der Waals surface area contributed by atoms with E-state index in [2.05, 4.69) is 19.2 Å². The lowest BCUT2D eigenvalue weighted by Gasteiger charge is -2.46. The fraction of sp³-hybridized carbons (Fsp3) is 0.941. The van der Waals surface area contributed by atoms with Crippen LogP contribution in [-0.4, -0.2) is 140 Å². The van der Waals surface area contributed by atoms with E-state index in [0.29, 0.717) is 6.42 Å². The zero-order valence-corrected chi connectivity index (χ0v) is 40.7. The minimum atomic E-state index is -1.78. The maximum atomic E-state index is 13.2.